The third kappa shape index (κ3) is 3.41. The number of para-hydroxylation sites is 1. The van der Waals surface area contributed by atoms with E-state index >= 15 is 0 Å². The zero-order valence-electron chi connectivity index (χ0n) is 12.5. The van der Waals surface area contributed by atoms with Crippen LogP contribution >= 0.6 is 0 Å². The Morgan fingerprint density at radius 2 is 1.64 bits per heavy atom. The molecule has 0 N–H and O–H groups in total. The number of ketones is 1. The third-order valence-corrected chi connectivity index (χ3v) is 3.03. The smallest absolute Gasteiger partial charge is 0.338 e. The van der Waals surface area contributed by atoms with Crippen molar-refractivity contribution >= 4 is 11.8 Å². The van der Waals surface area contributed by atoms with Gasteiger partial charge in [-0.3, -0.25) is 4.79 Å². The lowest BCUT2D eigenvalue weighted by Crippen LogP contribution is -2.08. The summed E-state index contributed by atoms with van der Waals surface area (Å²) < 4.78 is 10.3. The van der Waals surface area contributed by atoms with E-state index in [0.29, 0.717) is 28.2 Å². The number of rotatable bonds is 5. The van der Waals surface area contributed by atoms with Crippen LogP contribution in [-0.2, 0) is 4.79 Å². The Bertz CT molecular complexity index is 714. The van der Waals surface area contributed by atoms with E-state index in [1.54, 1.807) is 55.5 Å². The van der Waals surface area contributed by atoms with Gasteiger partial charge in [0.25, 0.3) is 0 Å². The number of hydrogen-bond donors (Lipinski definition) is 0. The Labute approximate surface area is 129 Å². The van der Waals surface area contributed by atoms with Crippen molar-refractivity contribution in [3.8, 4) is 11.5 Å². The molecule has 0 aliphatic heterocycles. The first kappa shape index (κ1) is 15.5. The van der Waals surface area contributed by atoms with Crippen LogP contribution in [0.25, 0.3) is 0 Å². The second kappa shape index (κ2) is 6.72. The van der Waals surface area contributed by atoms with Gasteiger partial charge in [0.1, 0.15) is 11.5 Å². The van der Waals surface area contributed by atoms with E-state index in [2.05, 4.69) is 6.58 Å². The number of carbonyl (C=O) groups excluding carboxylic acids is 2. The van der Waals surface area contributed by atoms with Gasteiger partial charge in [-0.25, -0.2) is 4.79 Å². The highest BCUT2D eigenvalue weighted by Gasteiger charge is 2.14. The van der Waals surface area contributed by atoms with E-state index in [9.17, 15) is 9.59 Å². The monoisotopic (exact) mass is 296 g/mol. The molecule has 0 unspecified atom stereocenters. The molecule has 112 valence electrons. The molecule has 2 aromatic carbocycles. The van der Waals surface area contributed by atoms with E-state index < -0.39 is 5.97 Å². The maximum atomic E-state index is 12.5. The lowest BCUT2D eigenvalue weighted by molar-refractivity contribution is -0.130. The molecule has 0 saturated carbocycles. The summed E-state index contributed by atoms with van der Waals surface area (Å²) in [6.07, 6.45) is 0. The van der Waals surface area contributed by atoms with Crippen LogP contribution in [0.3, 0.4) is 0 Å². The summed E-state index contributed by atoms with van der Waals surface area (Å²) in [5, 5.41) is 0. The van der Waals surface area contributed by atoms with Crippen molar-refractivity contribution < 1.29 is 19.1 Å². The summed E-state index contributed by atoms with van der Waals surface area (Å²) in [6.45, 7) is 5.08. The van der Waals surface area contributed by atoms with Crippen LogP contribution in [-0.4, -0.2) is 18.9 Å². The van der Waals surface area contributed by atoms with Crippen molar-refractivity contribution in [3.63, 3.8) is 0 Å². The molecule has 0 fully saturated rings. The molecular formula is C18H16O4. The lowest BCUT2D eigenvalue weighted by Gasteiger charge is -2.08. The van der Waals surface area contributed by atoms with E-state index in [0.717, 1.165) is 0 Å². The van der Waals surface area contributed by atoms with Gasteiger partial charge in [-0.2, -0.15) is 0 Å². The number of hydrogen-bond acceptors (Lipinski definition) is 4. The fourth-order valence-electron chi connectivity index (χ4n) is 1.86. The van der Waals surface area contributed by atoms with Crippen LogP contribution in [0.5, 0.6) is 11.5 Å². The highest BCUT2D eigenvalue weighted by atomic mass is 16.5. The number of esters is 1. The first-order chi connectivity index (χ1) is 10.5. The van der Waals surface area contributed by atoms with Crippen LogP contribution in [0, 0.1) is 0 Å². The van der Waals surface area contributed by atoms with Crippen molar-refractivity contribution in [1.82, 2.24) is 0 Å². The predicted octanol–water partition coefficient (Wildman–Crippen LogP) is 3.41. The maximum absolute atomic E-state index is 12.5. The van der Waals surface area contributed by atoms with E-state index in [1.807, 2.05) is 0 Å². The normalized spacial score (nSPS) is 9.91. The number of benzene rings is 2. The largest absolute Gasteiger partial charge is 0.496 e. The van der Waals surface area contributed by atoms with Gasteiger partial charge in [0.05, 0.1) is 12.7 Å². The Morgan fingerprint density at radius 3 is 2.23 bits per heavy atom. The molecule has 0 amide bonds. The third-order valence-electron chi connectivity index (χ3n) is 3.03. The minimum atomic E-state index is -0.496. The highest BCUT2D eigenvalue weighted by Crippen LogP contribution is 2.22. The molecule has 0 saturated heterocycles. The summed E-state index contributed by atoms with van der Waals surface area (Å²) in [7, 11) is 1.52. The molecule has 2 rings (SSSR count). The summed E-state index contributed by atoms with van der Waals surface area (Å²) in [5.41, 5.74) is 1.28. The van der Waals surface area contributed by atoms with E-state index in [-0.39, 0.29) is 5.78 Å². The molecule has 0 atom stereocenters. The van der Waals surface area contributed by atoms with Crippen LogP contribution in [0.2, 0.25) is 0 Å². The van der Waals surface area contributed by atoms with Crippen LogP contribution in [0.1, 0.15) is 22.8 Å². The summed E-state index contributed by atoms with van der Waals surface area (Å²) in [4.78, 5) is 23.9. The number of ether oxygens (including phenoxy) is 2. The Morgan fingerprint density at radius 1 is 1.00 bits per heavy atom. The van der Waals surface area contributed by atoms with Crippen molar-refractivity contribution in [2.24, 2.45) is 0 Å². The molecule has 4 nitrogen and oxygen atoms in total. The number of methoxy groups -OCH3 is 1. The molecule has 0 aromatic heterocycles. The molecule has 4 heteroatoms. The quantitative estimate of drug-likeness (QED) is 0.367. The molecule has 2 aromatic rings. The van der Waals surface area contributed by atoms with Gasteiger partial charge in [0, 0.05) is 11.1 Å². The van der Waals surface area contributed by atoms with Crippen LogP contribution in [0.15, 0.2) is 60.7 Å². The van der Waals surface area contributed by atoms with E-state index in [1.165, 1.54) is 7.11 Å². The second-order valence-corrected chi connectivity index (χ2v) is 4.72. The summed E-state index contributed by atoms with van der Waals surface area (Å²) in [5.74, 6) is 0.230. The molecule has 0 bridgehead atoms. The fourth-order valence-corrected chi connectivity index (χ4v) is 1.86. The summed E-state index contributed by atoms with van der Waals surface area (Å²) >= 11 is 0. The standard InChI is InChI=1S/C18H16O4/c1-12(2)18(20)22-14-10-8-13(9-11-14)17(19)15-6-4-5-7-16(15)21-3/h4-11H,1H2,2-3H3. The Kier molecular flexibility index (Phi) is 4.73. The predicted molar refractivity (Wildman–Crippen MR) is 83.3 cm³/mol. The van der Waals surface area contributed by atoms with Gasteiger partial charge >= 0.3 is 5.97 Å². The van der Waals surface area contributed by atoms with Gasteiger partial charge in [0.15, 0.2) is 5.78 Å². The second-order valence-electron chi connectivity index (χ2n) is 4.72. The minimum Gasteiger partial charge on any atom is -0.496 e. The lowest BCUT2D eigenvalue weighted by atomic mass is 10.0. The summed E-state index contributed by atoms with van der Waals surface area (Å²) in [6, 6.07) is 13.4. The highest BCUT2D eigenvalue weighted by molar-refractivity contribution is 6.10. The molecule has 0 aliphatic rings. The molecule has 0 heterocycles. The topological polar surface area (TPSA) is 52.6 Å². The zero-order valence-corrected chi connectivity index (χ0v) is 12.5. The van der Waals surface area contributed by atoms with Crippen molar-refractivity contribution in [3.05, 3.63) is 71.8 Å². The molecule has 0 spiro atoms. The van der Waals surface area contributed by atoms with Crippen LogP contribution < -0.4 is 9.47 Å². The molecule has 0 radical (unpaired) electrons. The first-order valence-corrected chi connectivity index (χ1v) is 6.68. The van der Waals surface area contributed by atoms with E-state index in [4.69, 9.17) is 9.47 Å². The SMILES string of the molecule is C=C(C)C(=O)Oc1ccc(C(=O)c2ccccc2OC)cc1. The average molecular weight is 296 g/mol. The zero-order chi connectivity index (χ0) is 16.1. The van der Waals surface area contributed by atoms with Crippen molar-refractivity contribution in [1.29, 1.82) is 0 Å². The van der Waals surface area contributed by atoms with Gasteiger partial charge in [-0.1, -0.05) is 18.7 Å². The fraction of sp³-hybridized carbons (Fsp3) is 0.111. The van der Waals surface area contributed by atoms with Gasteiger partial charge in [-0.15, -0.1) is 0 Å². The van der Waals surface area contributed by atoms with Gasteiger partial charge in [-0.05, 0) is 43.3 Å². The Balaban J connectivity index is 2.21. The average Bonchev–Trinajstić information content (AvgIpc) is 2.54. The Hall–Kier alpha value is -2.88. The number of carbonyl (C=O) groups is 2. The first-order valence-electron chi connectivity index (χ1n) is 6.68. The van der Waals surface area contributed by atoms with Crippen LogP contribution in [0.4, 0.5) is 0 Å². The molecule has 0 aliphatic carbocycles. The maximum Gasteiger partial charge on any atom is 0.338 e. The molecular weight excluding hydrogens is 280 g/mol. The minimum absolute atomic E-state index is 0.157. The van der Waals surface area contributed by atoms with Gasteiger partial charge in [0.2, 0.25) is 0 Å². The van der Waals surface area contributed by atoms with Gasteiger partial charge < -0.3 is 9.47 Å². The van der Waals surface area contributed by atoms with Crippen molar-refractivity contribution in [2.45, 2.75) is 6.92 Å². The van der Waals surface area contributed by atoms with Crippen molar-refractivity contribution in [2.75, 3.05) is 7.11 Å². The molecule has 22 heavy (non-hydrogen) atoms.